The first kappa shape index (κ1) is 14.7. The lowest BCUT2D eigenvalue weighted by molar-refractivity contribution is 0.0754. The molecule has 1 aromatic rings. The molecule has 0 unspecified atom stereocenters. The number of nitrogens with zero attached hydrogens (tertiary/aromatic N) is 4. The van der Waals surface area contributed by atoms with Gasteiger partial charge in [0.05, 0.1) is 6.61 Å². The van der Waals surface area contributed by atoms with E-state index in [0.29, 0.717) is 13.2 Å². The van der Waals surface area contributed by atoms with Gasteiger partial charge in [0.2, 0.25) is 0 Å². The van der Waals surface area contributed by atoms with Crippen LogP contribution in [0.25, 0.3) is 0 Å². The van der Waals surface area contributed by atoms with Crippen LogP contribution < -0.4 is 5.73 Å². The highest BCUT2D eigenvalue weighted by atomic mass is 16.5. The van der Waals surface area contributed by atoms with Crippen LogP contribution in [-0.4, -0.2) is 72.1 Å². The number of hydrogen-bond acceptors (Lipinski definition) is 6. The van der Waals surface area contributed by atoms with Crippen molar-refractivity contribution in [2.24, 2.45) is 0 Å². The minimum atomic E-state index is -0.135. The van der Waals surface area contributed by atoms with Crippen molar-refractivity contribution in [3.8, 4) is 0 Å². The molecule has 0 aromatic carbocycles. The molecule has 0 saturated carbocycles. The molecular formula is C13H21N5O2. The van der Waals surface area contributed by atoms with Crippen LogP contribution in [0.3, 0.4) is 0 Å². The summed E-state index contributed by atoms with van der Waals surface area (Å²) in [4.78, 5) is 24.5. The Morgan fingerprint density at radius 3 is 2.85 bits per heavy atom. The fourth-order valence-corrected chi connectivity index (χ4v) is 2.28. The Kier molecular flexibility index (Phi) is 5.25. The Morgan fingerprint density at radius 2 is 2.10 bits per heavy atom. The summed E-state index contributed by atoms with van der Waals surface area (Å²) < 4.78 is 5.09. The van der Waals surface area contributed by atoms with E-state index in [2.05, 4.69) is 14.9 Å². The van der Waals surface area contributed by atoms with Crippen LogP contribution >= 0.6 is 0 Å². The molecule has 1 aliphatic rings. The van der Waals surface area contributed by atoms with Crippen molar-refractivity contribution in [2.75, 3.05) is 52.2 Å². The van der Waals surface area contributed by atoms with Gasteiger partial charge in [0.1, 0.15) is 0 Å². The number of rotatable bonds is 4. The Bertz CT molecular complexity index is 454. The van der Waals surface area contributed by atoms with Crippen molar-refractivity contribution in [1.29, 1.82) is 0 Å². The molecule has 1 amide bonds. The fraction of sp³-hybridized carbons (Fsp3) is 0.615. The van der Waals surface area contributed by atoms with Gasteiger partial charge in [-0.1, -0.05) is 0 Å². The highest BCUT2D eigenvalue weighted by Gasteiger charge is 2.22. The predicted octanol–water partition coefficient (Wildman–Crippen LogP) is -0.147. The summed E-state index contributed by atoms with van der Waals surface area (Å²) in [5.41, 5.74) is 5.96. The normalized spacial score (nSPS) is 16.9. The Morgan fingerprint density at radius 1 is 1.30 bits per heavy atom. The molecule has 2 N–H and O–H groups in total. The van der Waals surface area contributed by atoms with Gasteiger partial charge in [-0.25, -0.2) is 9.97 Å². The van der Waals surface area contributed by atoms with Gasteiger partial charge >= 0.3 is 0 Å². The molecule has 0 bridgehead atoms. The van der Waals surface area contributed by atoms with Gasteiger partial charge in [-0.05, 0) is 13.0 Å². The van der Waals surface area contributed by atoms with Crippen LogP contribution in [0.2, 0.25) is 0 Å². The molecule has 1 saturated heterocycles. The van der Waals surface area contributed by atoms with Crippen molar-refractivity contribution < 1.29 is 9.53 Å². The summed E-state index contributed by atoms with van der Waals surface area (Å²) >= 11 is 0. The first-order valence-corrected chi connectivity index (χ1v) is 6.79. The first-order chi connectivity index (χ1) is 9.72. The van der Waals surface area contributed by atoms with E-state index in [0.717, 1.165) is 32.6 Å². The van der Waals surface area contributed by atoms with Gasteiger partial charge in [-0.15, -0.1) is 0 Å². The Hall–Kier alpha value is -1.73. The van der Waals surface area contributed by atoms with Crippen LogP contribution in [0.1, 0.15) is 16.9 Å². The molecule has 20 heavy (non-hydrogen) atoms. The number of methoxy groups -OCH3 is 1. The molecule has 0 atom stereocenters. The van der Waals surface area contributed by atoms with E-state index in [1.54, 1.807) is 12.0 Å². The zero-order valence-corrected chi connectivity index (χ0v) is 11.8. The Balaban J connectivity index is 1.96. The average Bonchev–Trinajstić information content (AvgIpc) is 2.70. The third kappa shape index (κ3) is 3.64. The monoisotopic (exact) mass is 279 g/mol. The number of amides is 1. The van der Waals surface area contributed by atoms with Crippen molar-refractivity contribution in [3.05, 3.63) is 18.1 Å². The number of anilines is 1. The van der Waals surface area contributed by atoms with Crippen LogP contribution in [-0.2, 0) is 4.74 Å². The molecule has 0 spiro atoms. The Labute approximate surface area is 118 Å². The summed E-state index contributed by atoms with van der Waals surface area (Å²) in [6.45, 7) is 4.83. The smallest absolute Gasteiger partial charge is 0.276 e. The molecule has 2 heterocycles. The second-order valence-electron chi connectivity index (χ2n) is 4.77. The van der Waals surface area contributed by atoms with Gasteiger partial charge in [-0.2, -0.15) is 0 Å². The van der Waals surface area contributed by atoms with E-state index >= 15 is 0 Å². The summed E-state index contributed by atoms with van der Waals surface area (Å²) in [6.07, 6.45) is 3.92. The second-order valence-corrected chi connectivity index (χ2v) is 4.77. The largest absolute Gasteiger partial charge is 0.383 e. The van der Waals surface area contributed by atoms with Crippen LogP contribution in [0.4, 0.5) is 5.82 Å². The number of hydrogen-bond donors (Lipinski definition) is 1. The van der Waals surface area contributed by atoms with E-state index in [9.17, 15) is 4.79 Å². The number of carbonyl (C=O) groups is 1. The topological polar surface area (TPSA) is 84.6 Å². The maximum Gasteiger partial charge on any atom is 0.276 e. The standard InChI is InChI=1S/C13H21N5O2/c1-20-10-9-17-5-2-6-18(8-7-17)13(19)11-12(14)16-4-3-15-11/h3-4H,2,5-10H2,1H3,(H2,14,16). The van der Waals surface area contributed by atoms with Gasteiger partial charge in [-0.3, -0.25) is 9.69 Å². The summed E-state index contributed by atoms with van der Waals surface area (Å²) in [6, 6.07) is 0. The van der Waals surface area contributed by atoms with E-state index in [1.165, 1.54) is 12.4 Å². The first-order valence-electron chi connectivity index (χ1n) is 6.79. The van der Waals surface area contributed by atoms with E-state index < -0.39 is 0 Å². The van der Waals surface area contributed by atoms with Crippen molar-refractivity contribution in [3.63, 3.8) is 0 Å². The van der Waals surface area contributed by atoms with Crippen LogP contribution in [0, 0.1) is 0 Å². The molecule has 0 radical (unpaired) electrons. The number of nitrogens with two attached hydrogens (primary N) is 1. The molecule has 0 aliphatic carbocycles. The zero-order chi connectivity index (χ0) is 14.4. The van der Waals surface area contributed by atoms with E-state index in [-0.39, 0.29) is 17.4 Å². The van der Waals surface area contributed by atoms with E-state index in [1.807, 2.05) is 0 Å². The van der Waals surface area contributed by atoms with Crippen LogP contribution in [0.15, 0.2) is 12.4 Å². The molecular weight excluding hydrogens is 258 g/mol. The number of nitrogen functional groups attached to an aromatic ring is 1. The zero-order valence-electron chi connectivity index (χ0n) is 11.8. The molecule has 1 aliphatic heterocycles. The minimum Gasteiger partial charge on any atom is -0.383 e. The van der Waals surface area contributed by atoms with Crippen molar-refractivity contribution in [1.82, 2.24) is 19.8 Å². The molecule has 1 aromatic heterocycles. The van der Waals surface area contributed by atoms with Crippen molar-refractivity contribution >= 4 is 11.7 Å². The maximum atomic E-state index is 12.4. The molecule has 2 rings (SSSR count). The molecule has 1 fully saturated rings. The predicted molar refractivity (Wildman–Crippen MR) is 75.3 cm³/mol. The van der Waals surface area contributed by atoms with E-state index in [4.69, 9.17) is 10.5 Å². The number of ether oxygens (including phenoxy) is 1. The quantitative estimate of drug-likeness (QED) is 0.825. The summed E-state index contributed by atoms with van der Waals surface area (Å²) in [7, 11) is 1.70. The summed E-state index contributed by atoms with van der Waals surface area (Å²) in [5, 5.41) is 0. The lowest BCUT2D eigenvalue weighted by Gasteiger charge is -2.21. The fourth-order valence-electron chi connectivity index (χ4n) is 2.28. The van der Waals surface area contributed by atoms with Gasteiger partial charge < -0.3 is 15.4 Å². The van der Waals surface area contributed by atoms with Gasteiger partial charge in [0, 0.05) is 45.7 Å². The number of carbonyl (C=O) groups excluding carboxylic acids is 1. The third-order valence-electron chi connectivity index (χ3n) is 3.42. The lowest BCUT2D eigenvalue weighted by atomic mass is 10.3. The third-order valence-corrected chi connectivity index (χ3v) is 3.42. The average molecular weight is 279 g/mol. The SMILES string of the molecule is COCCN1CCCN(C(=O)c2nccnc2N)CC1. The highest BCUT2D eigenvalue weighted by molar-refractivity contribution is 5.96. The summed E-state index contributed by atoms with van der Waals surface area (Å²) in [5.74, 6) is 0.0576. The molecule has 7 nitrogen and oxygen atoms in total. The number of aromatic nitrogens is 2. The van der Waals surface area contributed by atoms with Gasteiger partial charge in [0.25, 0.3) is 5.91 Å². The van der Waals surface area contributed by atoms with Crippen LogP contribution in [0.5, 0.6) is 0 Å². The minimum absolute atomic E-state index is 0.135. The lowest BCUT2D eigenvalue weighted by Crippen LogP contribution is -2.36. The molecule has 7 heteroatoms. The maximum absolute atomic E-state index is 12.4. The van der Waals surface area contributed by atoms with Gasteiger partial charge in [0.15, 0.2) is 11.5 Å². The highest BCUT2D eigenvalue weighted by Crippen LogP contribution is 2.10. The molecule has 110 valence electrons. The second kappa shape index (κ2) is 7.16. The van der Waals surface area contributed by atoms with Crippen molar-refractivity contribution in [2.45, 2.75) is 6.42 Å².